The van der Waals surface area contributed by atoms with Crippen molar-refractivity contribution in [3.05, 3.63) is 126 Å². The quantitative estimate of drug-likeness (QED) is 0.288. The number of primary amides is 1. The van der Waals surface area contributed by atoms with E-state index in [0.717, 1.165) is 25.9 Å². The number of nitrogens with zero attached hydrogens (tertiary/aromatic N) is 2. The summed E-state index contributed by atoms with van der Waals surface area (Å²) in [5.74, 6) is 0.604. The third kappa shape index (κ3) is 6.78. The highest BCUT2D eigenvalue weighted by atomic mass is 16.5. The number of amides is 1. The lowest BCUT2D eigenvalue weighted by atomic mass is 9.96. The largest absolute Gasteiger partial charge is 0.439 e. The standard InChI is InChI=1S/C30H31N3O2/c1-2-19-33(28(25-11-7-4-8-12-25)20-23-9-5-3-6-10-23)22-24-13-16-27(17-14-24)35-29-18-15-26(21-32-29)30(31)34/h3-18,21,28H,2,19-20,22H2,1H3,(H2,31,34). The van der Waals surface area contributed by atoms with Gasteiger partial charge in [-0.25, -0.2) is 4.98 Å². The summed E-state index contributed by atoms with van der Waals surface area (Å²) in [7, 11) is 0. The molecule has 0 aliphatic carbocycles. The molecule has 0 fully saturated rings. The van der Waals surface area contributed by atoms with Crippen molar-refractivity contribution >= 4 is 5.91 Å². The van der Waals surface area contributed by atoms with Crippen LogP contribution in [-0.2, 0) is 13.0 Å². The lowest BCUT2D eigenvalue weighted by molar-refractivity contribution is 0.1000. The Kier molecular flexibility index (Phi) is 8.25. The lowest BCUT2D eigenvalue weighted by Crippen LogP contribution is -2.30. The van der Waals surface area contributed by atoms with Crippen molar-refractivity contribution in [3.8, 4) is 11.6 Å². The van der Waals surface area contributed by atoms with E-state index in [1.165, 1.54) is 22.9 Å². The van der Waals surface area contributed by atoms with Crippen LogP contribution in [0.15, 0.2) is 103 Å². The smallest absolute Gasteiger partial charge is 0.250 e. The SMILES string of the molecule is CCCN(Cc1ccc(Oc2ccc(C(N)=O)cn2)cc1)C(Cc1ccccc1)c1ccccc1. The molecule has 1 amide bonds. The number of hydrogen-bond acceptors (Lipinski definition) is 4. The number of carbonyl (C=O) groups excluding carboxylic acids is 1. The minimum atomic E-state index is -0.508. The second-order valence-corrected chi connectivity index (χ2v) is 8.58. The zero-order chi connectivity index (χ0) is 24.5. The van der Waals surface area contributed by atoms with E-state index in [9.17, 15) is 4.79 Å². The first-order chi connectivity index (χ1) is 17.1. The Morgan fingerprint density at radius 3 is 2.17 bits per heavy atom. The fourth-order valence-electron chi connectivity index (χ4n) is 4.21. The van der Waals surface area contributed by atoms with Crippen LogP contribution in [0, 0.1) is 0 Å². The van der Waals surface area contributed by atoms with Crippen LogP contribution >= 0.6 is 0 Å². The summed E-state index contributed by atoms with van der Waals surface area (Å²) in [6.45, 7) is 4.07. The Morgan fingerprint density at radius 1 is 0.886 bits per heavy atom. The number of rotatable bonds is 11. The molecule has 35 heavy (non-hydrogen) atoms. The molecule has 1 aromatic heterocycles. The van der Waals surface area contributed by atoms with Crippen LogP contribution in [0.3, 0.4) is 0 Å². The third-order valence-electron chi connectivity index (χ3n) is 5.96. The summed E-state index contributed by atoms with van der Waals surface area (Å²) in [4.78, 5) is 17.9. The van der Waals surface area contributed by atoms with E-state index >= 15 is 0 Å². The number of aromatic nitrogens is 1. The number of ether oxygens (including phenoxy) is 1. The van der Waals surface area contributed by atoms with Crippen molar-refractivity contribution in [3.63, 3.8) is 0 Å². The Labute approximate surface area is 207 Å². The van der Waals surface area contributed by atoms with Gasteiger partial charge in [-0.15, -0.1) is 0 Å². The topological polar surface area (TPSA) is 68.5 Å². The first-order valence-corrected chi connectivity index (χ1v) is 12.0. The Balaban J connectivity index is 1.50. The molecule has 4 aromatic rings. The van der Waals surface area contributed by atoms with Gasteiger partial charge in [0.25, 0.3) is 0 Å². The Hall–Kier alpha value is -3.96. The number of pyridine rings is 1. The van der Waals surface area contributed by atoms with E-state index in [4.69, 9.17) is 10.5 Å². The van der Waals surface area contributed by atoms with Crippen molar-refractivity contribution in [2.24, 2.45) is 5.73 Å². The molecule has 1 heterocycles. The van der Waals surface area contributed by atoms with Gasteiger partial charge in [0.15, 0.2) is 0 Å². The molecule has 1 unspecified atom stereocenters. The molecule has 0 saturated heterocycles. The molecule has 0 aliphatic heterocycles. The first kappa shape index (κ1) is 24.2. The second-order valence-electron chi connectivity index (χ2n) is 8.58. The monoisotopic (exact) mass is 465 g/mol. The van der Waals surface area contributed by atoms with Gasteiger partial charge in [0.05, 0.1) is 5.56 Å². The molecule has 0 saturated carbocycles. The van der Waals surface area contributed by atoms with E-state index in [1.807, 2.05) is 12.1 Å². The summed E-state index contributed by atoms with van der Waals surface area (Å²) >= 11 is 0. The summed E-state index contributed by atoms with van der Waals surface area (Å²) in [6.07, 6.45) is 3.45. The van der Waals surface area contributed by atoms with Crippen LogP contribution < -0.4 is 10.5 Å². The molecule has 3 aromatic carbocycles. The van der Waals surface area contributed by atoms with E-state index in [1.54, 1.807) is 12.1 Å². The van der Waals surface area contributed by atoms with Crippen molar-refractivity contribution in [2.75, 3.05) is 6.54 Å². The molecule has 4 rings (SSSR count). The summed E-state index contributed by atoms with van der Waals surface area (Å²) in [6, 6.07) is 33.1. The van der Waals surface area contributed by atoms with Crippen LogP contribution in [0.5, 0.6) is 11.6 Å². The van der Waals surface area contributed by atoms with Crippen LogP contribution in [0.2, 0.25) is 0 Å². The fourth-order valence-corrected chi connectivity index (χ4v) is 4.21. The van der Waals surface area contributed by atoms with Gasteiger partial charge >= 0.3 is 0 Å². The highest BCUT2D eigenvalue weighted by Gasteiger charge is 2.20. The molecule has 0 radical (unpaired) electrons. The zero-order valence-corrected chi connectivity index (χ0v) is 20.0. The molecule has 5 heteroatoms. The van der Waals surface area contributed by atoms with Crippen LogP contribution in [0.1, 0.15) is 46.4 Å². The van der Waals surface area contributed by atoms with Crippen molar-refractivity contribution < 1.29 is 9.53 Å². The van der Waals surface area contributed by atoms with Crippen molar-refractivity contribution in [1.29, 1.82) is 0 Å². The average Bonchev–Trinajstić information content (AvgIpc) is 2.89. The molecule has 0 spiro atoms. The molecule has 0 aliphatic rings. The third-order valence-corrected chi connectivity index (χ3v) is 5.96. The normalized spacial score (nSPS) is 11.8. The van der Waals surface area contributed by atoms with Crippen LogP contribution in [0.25, 0.3) is 0 Å². The van der Waals surface area contributed by atoms with Gasteiger partial charge < -0.3 is 10.5 Å². The predicted octanol–water partition coefficient (Wildman–Crippen LogP) is 6.17. The molecular weight excluding hydrogens is 434 g/mol. The maximum atomic E-state index is 11.2. The molecule has 5 nitrogen and oxygen atoms in total. The first-order valence-electron chi connectivity index (χ1n) is 12.0. The Bertz CT molecular complexity index is 1190. The van der Waals surface area contributed by atoms with Crippen molar-refractivity contribution in [2.45, 2.75) is 32.4 Å². The summed E-state index contributed by atoms with van der Waals surface area (Å²) in [5, 5.41) is 0. The highest BCUT2D eigenvalue weighted by molar-refractivity contribution is 5.92. The van der Waals surface area contributed by atoms with Gasteiger partial charge in [-0.05, 0) is 54.3 Å². The van der Waals surface area contributed by atoms with Crippen molar-refractivity contribution in [1.82, 2.24) is 9.88 Å². The van der Waals surface area contributed by atoms with Gasteiger partial charge in [-0.2, -0.15) is 0 Å². The van der Waals surface area contributed by atoms with Gasteiger partial charge in [0.1, 0.15) is 5.75 Å². The number of benzene rings is 3. The lowest BCUT2D eigenvalue weighted by Gasteiger charge is -2.32. The van der Waals surface area contributed by atoms with Gasteiger partial charge in [0.2, 0.25) is 11.8 Å². The fraction of sp³-hybridized carbons (Fsp3) is 0.200. The van der Waals surface area contributed by atoms with E-state index in [-0.39, 0.29) is 6.04 Å². The van der Waals surface area contributed by atoms with Gasteiger partial charge in [-0.1, -0.05) is 79.7 Å². The number of hydrogen-bond donors (Lipinski definition) is 1. The highest BCUT2D eigenvalue weighted by Crippen LogP contribution is 2.28. The minimum Gasteiger partial charge on any atom is -0.439 e. The van der Waals surface area contributed by atoms with E-state index in [2.05, 4.69) is 89.6 Å². The predicted molar refractivity (Wildman–Crippen MR) is 139 cm³/mol. The summed E-state index contributed by atoms with van der Waals surface area (Å²) in [5.41, 5.74) is 9.51. The van der Waals surface area contributed by atoms with E-state index in [0.29, 0.717) is 17.2 Å². The molecule has 2 N–H and O–H groups in total. The summed E-state index contributed by atoms with van der Waals surface area (Å²) < 4.78 is 5.84. The second kappa shape index (κ2) is 12.0. The molecule has 178 valence electrons. The average molecular weight is 466 g/mol. The van der Waals surface area contributed by atoms with E-state index < -0.39 is 5.91 Å². The van der Waals surface area contributed by atoms with Gasteiger partial charge in [0, 0.05) is 24.8 Å². The molecule has 0 bridgehead atoms. The van der Waals surface area contributed by atoms with Gasteiger partial charge in [-0.3, -0.25) is 9.69 Å². The zero-order valence-electron chi connectivity index (χ0n) is 20.0. The number of nitrogens with two attached hydrogens (primary N) is 1. The Morgan fingerprint density at radius 2 is 1.57 bits per heavy atom. The maximum absolute atomic E-state index is 11.2. The van der Waals surface area contributed by atoms with Crippen LogP contribution in [0.4, 0.5) is 0 Å². The minimum absolute atomic E-state index is 0.280. The molecular formula is C30H31N3O2. The maximum Gasteiger partial charge on any atom is 0.250 e. The van der Waals surface area contributed by atoms with Crippen LogP contribution in [-0.4, -0.2) is 22.3 Å². The molecule has 1 atom stereocenters. The number of carbonyl (C=O) groups is 1.